The molecular weight excluding hydrogens is 356 g/mol. The van der Waals surface area contributed by atoms with Crippen LogP contribution < -0.4 is 0 Å². The van der Waals surface area contributed by atoms with Crippen LogP contribution in [0, 0.1) is 13.8 Å². The molecule has 3 aromatic carbocycles. The van der Waals surface area contributed by atoms with Crippen LogP contribution >= 0.6 is 0 Å². The number of aromatic hydroxyl groups is 1. The van der Waals surface area contributed by atoms with E-state index in [2.05, 4.69) is 42.5 Å². The van der Waals surface area contributed by atoms with Gasteiger partial charge in [0.25, 0.3) is 0 Å². The lowest BCUT2D eigenvalue weighted by atomic mass is 9.91. The van der Waals surface area contributed by atoms with Crippen LogP contribution in [0.4, 0.5) is 0 Å². The first-order valence-electron chi connectivity index (χ1n) is 9.67. The predicted molar refractivity (Wildman–Crippen MR) is 119 cm³/mol. The van der Waals surface area contributed by atoms with E-state index in [1.54, 1.807) is 6.07 Å². The van der Waals surface area contributed by atoms with Crippen LogP contribution in [0.2, 0.25) is 0 Å². The third-order valence-corrected chi connectivity index (χ3v) is 5.30. The standard InChI is InChI=1S/C26H20N2O/c1-16-9-11-18-5-3-7-22(25(18)27-16)21-14-13-20(29)15-24(21)23-8-4-6-19-12-10-17(2)28-26(19)23/h3-15,29H,1-2H3. The van der Waals surface area contributed by atoms with Gasteiger partial charge in [-0.3, -0.25) is 9.97 Å². The molecule has 0 spiro atoms. The average molecular weight is 376 g/mol. The lowest BCUT2D eigenvalue weighted by Crippen LogP contribution is -1.92. The summed E-state index contributed by atoms with van der Waals surface area (Å²) in [6.07, 6.45) is 0. The molecule has 0 bridgehead atoms. The monoisotopic (exact) mass is 376 g/mol. The number of para-hydroxylation sites is 2. The molecule has 0 unspecified atom stereocenters. The fourth-order valence-corrected chi connectivity index (χ4v) is 3.91. The van der Waals surface area contributed by atoms with Gasteiger partial charge in [-0.15, -0.1) is 0 Å². The van der Waals surface area contributed by atoms with Crippen LogP contribution in [0.5, 0.6) is 5.75 Å². The molecule has 0 radical (unpaired) electrons. The predicted octanol–water partition coefficient (Wildman–Crippen LogP) is 6.44. The number of pyridine rings is 2. The fourth-order valence-electron chi connectivity index (χ4n) is 3.91. The molecule has 0 atom stereocenters. The van der Waals surface area contributed by atoms with Crippen molar-refractivity contribution in [2.75, 3.05) is 0 Å². The van der Waals surface area contributed by atoms with Gasteiger partial charge in [-0.25, -0.2) is 0 Å². The molecule has 2 aromatic heterocycles. The SMILES string of the molecule is Cc1ccc2cccc(-c3ccc(O)cc3-c3cccc4ccc(C)nc34)c2n1. The lowest BCUT2D eigenvalue weighted by Gasteiger charge is -2.15. The van der Waals surface area contributed by atoms with Gasteiger partial charge in [0.15, 0.2) is 0 Å². The summed E-state index contributed by atoms with van der Waals surface area (Å²) in [6, 6.07) is 26.2. The Morgan fingerprint density at radius 1 is 0.552 bits per heavy atom. The Balaban J connectivity index is 1.86. The highest BCUT2D eigenvalue weighted by Crippen LogP contribution is 2.39. The molecule has 0 fully saturated rings. The zero-order valence-electron chi connectivity index (χ0n) is 16.3. The molecule has 1 N–H and O–H groups in total. The van der Waals surface area contributed by atoms with E-state index in [0.717, 1.165) is 55.4 Å². The number of aromatic nitrogens is 2. The van der Waals surface area contributed by atoms with Crippen LogP contribution in [-0.4, -0.2) is 15.1 Å². The van der Waals surface area contributed by atoms with Crippen molar-refractivity contribution >= 4 is 21.8 Å². The molecule has 3 heteroatoms. The lowest BCUT2D eigenvalue weighted by molar-refractivity contribution is 0.475. The number of rotatable bonds is 2. The minimum Gasteiger partial charge on any atom is -0.508 e. The highest BCUT2D eigenvalue weighted by Gasteiger charge is 2.15. The summed E-state index contributed by atoms with van der Waals surface area (Å²) in [5.74, 6) is 0.234. The number of benzene rings is 3. The van der Waals surface area contributed by atoms with Crippen molar-refractivity contribution < 1.29 is 5.11 Å². The van der Waals surface area contributed by atoms with E-state index in [9.17, 15) is 5.11 Å². The smallest absolute Gasteiger partial charge is 0.116 e. The van der Waals surface area contributed by atoms with E-state index in [0.29, 0.717) is 0 Å². The quantitative estimate of drug-likeness (QED) is 0.386. The second kappa shape index (κ2) is 6.71. The molecular formula is C26H20N2O. The van der Waals surface area contributed by atoms with E-state index in [1.165, 1.54) is 0 Å². The largest absolute Gasteiger partial charge is 0.508 e. The molecule has 29 heavy (non-hydrogen) atoms. The first-order chi connectivity index (χ1) is 14.1. The summed E-state index contributed by atoms with van der Waals surface area (Å²) in [5, 5.41) is 12.5. The molecule has 0 saturated heterocycles. The average Bonchev–Trinajstić information content (AvgIpc) is 2.73. The van der Waals surface area contributed by atoms with Crippen molar-refractivity contribution in [2.45, 2.75) is 13.8 Å². The summed E-state index contributed by atoms with van der Waals surface area (Å²) < 4.78 is 0. The van der Waals surface area contributed by atoms with Crippen LogP contribution in [0.15, 0.2) is 78.9 Å². The van der Waals surface area contributed by atoms with Crippen molar-refractivity contribution in [1.29, 1.82) is 0 Å². The summed E-state index contributed by atoms with van der Waals surface area (Å²) >= 11 is 0. The zero-order chi connectivity index (χ0) is 20.0. The number of phenols is 1. The van der Waals surface area contributed by atoms with Crippen molar-refractivity contribution in [3.05, 3.63) is 90.3 Å². The third-order valence-electron chi connectivity index (χ3n) is 5.30. The van der Waals surface area contributed by atoms with Crippen LogP contribution in [0.25, 0.3) is 44.1 Å². The second-order valence-corrected chi connectivity index (χ2v) is 7.39. The maximum Gasteiger partial charge on any atom is 0.116 e. The molecule has 140 valence electrons. The van der Waals surface area contributed by atoms with E-state index in [1.807, 2.05) is 44.2 Å². The number of fused-ring (bicyclic) bond motifs is 2. The second-order valence-electron chi connectivity index (χ2n) is 7.39. The topological polar surface area (TPSA) is 46.0 Å². The van der Waals surface area contributed by atoms with E-state index < -0.39 is 0 Å². The molecule has 2 heterocycles. The van der Waals surface area contributed by atoms with Gasteiger partial charge in [-0.2, -0.15) is 0 Å². The minimum absolute atomic E-state index is 0.234. The molecule has 0 amide bonds. The first kappa shape index (κ1) is 17.4. The molecule has 5 aromatic rings. The number of nitrogens with zero attached hydrogens (tertiary/aromatic N) is 2. The Morgan fingerprint density at radius 3 is 1.69 bits per heavy atom. The number of hydrogen-bond acceptors (Lipinski definition) is 3. The van der Waals surface area contributed by atoms with Crippen molar-refractivity contribution in [1.82, 2.24) is 9.97 Å². The Bertz CT molecular complexity index is 1390. The summed E-state index contributed by atoms with van der Waals surface area (Å²) in [4.78, 5) is 9.60. The van der Waals surface area contributed by atoms with Crippen molar-refractivity contribution in [3.8, 4) is 28.0 Å². The molecule has 3 nitrogen and oxygen atoms in total. The summed E-state index contributed by atoms with van der Waals surface area (Å²) in [5.41, 5.74) is 7.87. The Labute approximate surface area is 169 Å². The summed E-state index contributed by atoms with van der Waals surface area (Å²) in [7, 11) is 0. The molecule has 5 rings (SSSR count). The highest BCUT2D eigenvalue weighted by atomic mass is 16.3. The van der Waals surface area contributed by atoms with Gasteiger partial charge >= 0.3 is 0 Å². The van der Waals surface area contributed by atoms with Gasteiger partial charge in [-0.1, -0.05) is 54.6 Å². The third kappa shape index (κ3) is 3.01. The Morgan fingerprint density at radius 2 is 1.10 bits per heavy atom. The molecule has 0 aliphatic heterocycles. The number of hydrogen-bond donors (Lipinski definition) is 1. The van der Waals surface area contributed by atoms with Gasteiger partial charge in [0.2, 0.25) is 0 Å². The first-order valence-corrected chi connectivity index (χ1v) is 9.67. The van der Waals surface area contributed by atoms with Gasteiger partial charge in [0, 0.05) is 33.3 Å². The molecule has 0 saturated carbocycles. The van der Waals surface area contributed by atoms with E-state index in [4.69, 9.17) is 9.97 Å². The van der Waals surface area contributed by atoms with E-state index >= 15 is 0 Å². The summed E-state index contributed by atoms with van der Waals surface area (Å²) in [6.45, 7) is 4.00. The van der Waals surface area contributed by atoms with Gasteiger partial charge < -0.3 is 5.11 Å². The van der Waals surface area contributed by atoms with E-state index in [-0.39, 0.29) is 5.75 Å². The van der Waals surface area contributed by atoms with Gasteiger partial charge in [0.1, 0.15) is 5.75 Å². The molecule has 0 aliphatic carbocycles. The van der Waals surface area contributed by atoms with Gasteiger partial charge in [-0.05, 0) is 49.2 Å². The van der Waals surface area contributed by atoms with Gasteiger partial charge in [0.05, 0.1) is 11.0 Å². The zero-order valence-corrected chi connectivity index (χ0v) is 16.3. The Hall–Kier alpha value is -3.72. The fraction of sp³-hybridized carbons (Fsp3) is 0.0769. The van der Waals surface area contributed by atoms with Crippen LogP contribution in [-0.2, 0) is 0 Å². The Kier molecular flexibility index (Phi) is 4.02. The van der Waals surface area contributed by atoms with Crippen molar-refractivity contribution in [2.24, 2.45) is 0 Å². The van der Waals surface area contributed by atoms with Crippen LogP contribution in [0.1, 0.15) is 11.4 Å². The normalized spacial score (nSPS) is 11.2. The number of phenolic OH excluding ortho intramolecular Hbond substituents is 1. The maximum absolute atomic E-state index is 10.3. The maximum atomic E-state index is 10.3. The molecule has 0 aliphatic rings. The minimum atomic E-state index is 0.234. The number of aryl methyl sites for hydroxylation is 2. The van der Waals surface area contributed by atoms with Crippen molar-refractivity contribution in [3.63, 3.8) is 0 Å². The highest BCUT2D eigenvalue weighted by molar-refractivity contribution is 6.03. The van der Waals surface area contributed by atoms with Crippen LogP contribution in [0.3, 0.4) is 0 Å².